The Bertz CT molecular complexity index is 581. The van der Waals surface area contributed by atoms with Gasteiger partial charge in [0, 0.05) is 14.1 Å². The number of rotatable bonds is 1. The third kappa shape index (κ3) is 1.39. The average Bonchev–Trinajstić information content (AvgIpc) is 2.60. The van der Waals surface area contributed by atoms with Crippen molar-refractivity contribution in [3.05, 3.63) is 28.3 Å². The van der Waals surface area contributed by atoms with Crippen LogP contribution in [-0.4, -0.2) is 27.7 Å². The molecule has 2 N–H and O–H groups in total. The second kappa shape index (κ2) is 3.23. The number of pyridine rings is 1. The Hall–Kier alpha value is -2.11. The van der Waals surface area contributed by atoms with E-state index in [1.807, 2.05) is 0 Å². The zero-order chi connectivity index (χ0) is 11.0. The van der Waals surface area contributed by atoms with Gasteiger partial charge in [-0.2, -0.15) is 5.10 Å². The van der Waals surface area contributed by atoms with E-state index < -0.39 is 0 Å². The molecule has 0 fully saturated rings. The minimum absolute atomic E-state index is 0.235. The topological polar surface area (TPSA) is 79.8 Å². The number of fused-ring (bicyclic) bond motifs is 1. The molecule has 0 aromatic carbocycles. The fraction of sp³-hybridized carbons (Fsp3) is 0.222. The third-order valence-corrected chi connectivity index (χ3v) is 2.23. The summed E-state index contributed by atoms with van der Waals surface area (Å²) in [6, 6.07) is 1.60. The monoisotopic (exact) mass is 206 g/mol. The molecule has 0 aliphatic rings. The molecule has 2 heterocycles. The minimum Gasteiger partial charge on any atom is -0.354 e. The van der Waals surface area contributed by atoms with Crippen LogP contribution in [0.1, 0.15) is 10.5 Å². The molecule has 0 atom stereocenters. The largest absolute Gasteiger partial charge is 0.354 e. The van der Waals surface area contributed by atoms with Crippen molar-refractivity contribution in [1.82, 2.24) is 20.1 Å². The number of hydrogen-bond acceptors (Lipinski definition) is 3. The number of aryl methyl sites for hydroxylation is 1. The quantitative estimate of drug-likeness (QED) is 0.667. The molecular weight excluding hydrogens is 196 g/mol. The minimum atomic E-state index is -0.324. The van der Waals surface area contributed by atoms with Gasteiger partial charge in [-0.25, -0.2) is 0 Å². The fourth-order valence-electron chi connectivity index (χ4n) is 1.41. The summed E-state index contributed by atoms with van der Waals surface area (Å²) in [4.78, 5) is 25.4. The van der Waals surface area contributed by atoms with Gasteiger partial charge in [-0.3, -0.25) is 14.3 Å². The summed E-state index contributed by atoms with van der Waals surface area (Å²) in [5, 5.41) is 6.87. The number of carbonyl (C=O) groups is 1. The van der Waals surface area contributed by atoms with E-state index in [1.54, 1.807) is 17.8 Å². The predicted molar refractivity (Wildman–Crippen MR) is 54.7 cm³/mol. The molecule has 6 nitrogen and oxygen atoms in total. The summed E-state index contributed by atoms with van der Waals surface area (Å²) in [6.07, 6.45) is 1.47. The normalized spacial score (nSPS) is 10.5. The molecule has 0 radical (unpaired) electrons. The fourth-order valence-corrected chi connectivity index (χ4v) is 1.41. The first-order chi connectivity index (χ1) is 7.13. The Labute approximate surface area is 84.9 Å². The Morgan fingerprint density at radius 2 is 2.33 bits per heavy atom. The second-order valence-electron chi connectivity index (χ2n) is 3.16. The van der Waals surface area contributed by atoms with E-state index in [-0.39, 0.29) is 17.2 Å². The highest BCUT2D eigenvalue weighted by molar-refractivity contribution is 5.95. The van der Waals surface area contributed by atoms with Crippen molar-refractivity contribution in [1.29, 1.82) is 0 Å². The highest BCUT2D eigenvalue weighted by atomic mass is 16.2. The van der Waals surface area contributed by atoms with Crippen molar-refractivity contribution in [2.45, 2.75) is 0 Å². The molecular formula is C9H10N4O2. The van der Waals surface area contributed by atoms with Gasteiger partial charge in [-0.05, 0) is 6.07 Å². The molecule has 78 valence electrons. The molecule has 0 unspecified atom stereocenters. The van der Waals surface area contributed by atoms with Crippen LogP contribution in [0, 0.1) is 0 Å². The summed E-state index contributed by atoms with van der Waals surface area (Å²) in [6.45, 7) is 0. The maximum Gasteiger partial charge on any atom is 0.267 e. The van der Waals surface area contributed by atoms with Gasteiger partial charge >= 0.3 is 0 Å². The summed E-state index contributed by atoms with van der Waals surface area (Å²) >= 11 is 0. The second-order valence-corrected chi connectivity index (χ2v) is 3.16. The van der Waals surface area contributed by atoms with Crippen LogP contribution in [-0.2, 0) is 7.05 Å². The summed E-state index contributed by atoms with van der Waals surface area (Å²) in [5.41, 5.74) is 0.565. The van der Waals surface area contributed by atoms with Crippen molar-refractivity contribution < 1.29 is 4.79 Å². The van der Waals surface area contributed by atoms with Crippen molar-refractivity contribution in [3.63, 3.8) is 0 Å². The Balaban J connectivity index is 2.76. The lowest BCUT2D eigenvalue weighted by atomic mass is 10.2. The molecule has 0 aliphatic carbocycles. The molecule has 0 bridgehead atoms. The highest BCUT2D eigenvalue weighted by Crippen LogP contribution is 2.08. The molecule has 2 aromatic rings. The smallest absolute Gasteiger partial charge is 0.267 e. The third-order valence-electron chi connectivity index (χ3n) is 2.23. The van der Waals surface area contributed by atoms with Crippen LogP contribution in [0.3, 0.4) is 0 Å². The Kier molecular flexibility index (Phi) is 2.03. The lowest BCUT2D eigenvalue weighted by Crippen LogP contribution is -2.22. The zero-order valence-corrected chi connectivity index (χ0v) is 8.37. The van der Waals surface area contributed by atoms with E-state index in [0.717, 1.165) is 0 Å². The molecule has 0 saturated carbocycles. The molecule has 15 heavy (non-hydrogen) atoms. The first-order valence-electron chi connectivity index (χ1n) is 4.40. The lowest BCUT2D eigenvalue weighted by molar-refractivity contribution is 0.0958. The van der Waals surface area contributed by atoms with Gasteiger partial charge in [0.05, 0.1) is 17.1 Å². The Morgan fingerprint density at radius 3 is 3.00 bits per heavy atom. The molecule has 2 rings (SSSR count). The van der Waals surface area contributed by atoms with Gasteiger partial charge in [0.2, 0.25) is 0 Å². The van der Waals surface area contributed by atoms with Crippen LogP contribution in [0.25, 0.3) is 10.9 Å². The van der Waals surface area contributed by atoms with E-state index in [2.05, 4.69) is 15.4 Å². The molecule has 6 heteroatoms. The van der Waals surface area contributed by atoms with Gasteiger partial charge in [0.1, 0.15) is 5.69 Å². The van der Waals surface area contributed by atoms with Gasteiger partial charge in [0.15, 0.2) is 0 Å². The summed E-state index contributed by atoms with van der Waals surface area (Å²) in [7, 11) is 3.23. The van der Waals surface area contributed by atoms with Gasteiger partial charge in [0.25, 0.3) is 11.5 Å². The predicted octanol–water partition coefficient (Wildman–Crippen LogP) is -0.379. The average molecular weight is 206 g/mol. The van der Waals surface area contributed by atoms with E-state index in [9.17, 15) is 9.59 Å². The van der Waals surface area contributed by atoms with E-state index in [1.165, 1.54) is 13.2 Å². The lowest BCUT2D eigenvalue weighted by Gasteiger charge is -2.00. The number of nitrogens with one attached hydrogen (secondary N) is 2. The maximum atomic E-state index is 11.5. The van der Waals surface area contributed by atoms with Crippen LogP contribution < -0.4 is 10.9 Å². The number of carbonyl (C=O) groups excluding carboxylic acids is 1. The van der Waals surface area contributed by atoms with Crippen LogP contribution >= 0.6 is 0 Å². The van der Waals surface area contributed by atoms with Crippen molar-refractivity contribution >= 4 is 16.8 Å². The number of nitrogens with zero attached hydrogens (tertiary/aromatic N) is 2. The number of H-pyrrole nitrogens is 1. The van der Waals surface area contributed by atoms with Crippen LogP contribution in [0.5, 0.6) is 0 Å². The maximum absolute atomic E-state index is 11.5. The van der Waals surface area contributed by atoms with Gasteiger partial charge in [-0.1, -0.05) is 0 Å². The van der Waals surface area contributed by atoms with Crippen LogP contribution in [0.15, 0.2) is 17.1 Å². The molecule has 0 saturated heterocycles. The number of aromatic nitrogens is 3. The van der Waals surface area contributed by atoms with Crippen molar-refractivity contribution in [3.8, 4) is 0 Å². The standard InChI is InChI=1S/C9H10N4O2/c1-10-9(15)6-3-7-5(8(14)12-6)4-11-13(7)2/h3-4H,1-2H3,(H,10,15)(H,12,14). The molecule has 2 aromatic heterocycles. The summed E-state index contributed by atoms with van der Waals surface area (Å²) < 4.78 is 1.55. The number of aromatic amines is 1. The zero-order valence-electron chi connectivity index (χ0n) is 8.37. The molecule has 0 aliphatic heterocycles. The van der Waals surface area contributed by atoms with Gasteiger partial charge < -0.3 is 10.3 Å². The van der Waals surface area contributed by atoms with Crippen molar-refractivity contribution in [2.75, 3.05) is 7.05 Å². The van der Waals surface area contributed by atoms with E-state index in [0.29, 0.717) is 10.9 Å². The Morgan fingerprint density at radius 1 is 1.60 bits per heavy atom. The van der Waals surface area contributed by atoms with E-state index >= 15 is 0 Å². The van der Waals surface area contributed by atoms with Crippen LogP contribution in [0.2, 0.25) is 0 Å². The number of hydrogen-bond donors (Lipinski definition) is 2. The van der Waals surface area contributed by atoms with E-state index in [4.69, 9.17) is 0 Å². The highest BCUT2D eigenvalue weighted by Gasteiger charge is 2.10. The number of amides is 1. The van der Waals surface area contributed by atoms with Crippen molar-refractivity contribution in [2.24, 2.45) is 7.05 Å². The summed E-state index contributed by atoms with van der Waals surface area (Å²) in [5.74, 6) is -0.324. The molecule has 1 amide bonds. The van der Waals surface area contributed by atoms with Crippen LogP contribution in [0.4, 0.5) is 0 Å². The first-order valence-corrected chi connectivity index (χ1v) is 4.40. The first kappa shape index (κ1) is 9.45. The molecule has 0 spiro atoms. The SMILES string of the molecule is CNC(=O)c1cc2c(cnn2C)c(=O)[nH]1. The van der Waals surface area contributed by atoms with Gasteiger partial charge in [-0.15, -0.1) is 0 Å².